The van der Waals surface area contributed by atoms with E-state index in [0.29, 0.717) is 11.2 Å². The Morgan fingerprint density at radius 1 is 1.33 bits per heavy atom. The molecular formula is C12H18N2S. The normalized spacial score (nSPS) is 11.9. The first-order chi connectivity index (χ1) is 7.27. The first kappa shape index (κ1) is 12.0. The minimum absolute atomic E-state index is 0.316. The van der Waals surface area contributed by atoms with Gasteiger partial charge in [0, 0.05) is 7.05 Å². The Morgan fingerprint density at radius 3 is 2.53 bits per heavy atom. The molecule has 2 nitrogen and oxygen atoms in total. The fourth-order valence-corrected chi connectivity index (χ4v) is 1.67. The minimum atomic E-state index is 0.316. The van der Waals surface area contributed by atoms with Crippen molar-refractivity contribution in [3.63, 3.8) is 0 Å². The first-order valence-electron chi connectivity index (χ1n) is 5.31. The van der Waals surface area contributed by atoms with Gasteiger partial charge >= 0.3 is 0 Å². The van der Waals surface area contributed by atoms with E-state index in [0.717, 1.165) is 12.8 Å². The summed E-state index contributed by atoms with van der Waals surface area (Å²) < 4.78 is 0. The lowest BCUT2D eigenvalue weighted by atomic mass is 10.0. The number of benzene rings is 1. The summed E-state index contributed by atoms with van der Waals surface area (Å²) in [5, 5.41) is 6.95. The van der Waals surface area contributed by atoms with Gasteiger partial charge in [-0.3, -0.25) is 0 Å². The molecule has 0 aromatic heterocycles. The van der Waals surface area contributed by atoms with E-state index in [1.54, 1.807) is 0 Å². The van der Waals surface area contributed by atoms with Crippen LogP contribution in [0.4, 0.5) is 0 Å². The zero-order valence-corrected chi connectivity index (χ0v) is 10.1. The van der Waals surface area contributed by atoms with Crippen molar-refractivity contribution >= 4 is 17.3 Å². The van der Waals surface area contributed by atoms with Gasteiger partial charge in [-0.1, -0.05) is 43.7 Å². The molecule has 0 amide bonds. The van der Waals surface area contributed by atoms with Gasteiger partial charge in [-0.25, -0.2) is 0 Å². The molecule has 0 unspecified atom stereocenters. The molecule has 0 heterocycles. The van der Waals surface area contributed by atoms with Crippen molar-refractivity contribution < 1.29 is 0 Å². The van der Waals surface area contributed by atoms with Gasteiger partial charge in [-0.2, -0.15) is 0 Å². The summed E-state index contributed by atoms with van der Waals surface area (Å²) in [5.74, 6) is 0. The lowest BCUT2D eigenvalue weighted by Crippen LogP contribution is -2.35. The molecule has 3 heteroatoms. The molecule has 0 aliphatic carbocycles. The number of rotatable bonds is 4. The molecule has 0 radical (unpaired) electrons. The Morgan fingerprint density at radius 2 is 2.00 bits per heavy atom. The second-order valence-electron chi connectivity index (χ2n) is 3.48. The highest BCUT2D eigenvalue weighted by Gasteiger charge is 2.10. The molecule has 2 N–H and O–H groups in total. The fraction of sp³-hybridized carbons (Fsp3) is 0.417. The number of hydrogen-bond acceptors (Lipinski definition) is 1. The highest BCUT2D eigenvalue weighted by molar-refractivity contribution is 7.80. The van der Waals surface area contributed by atoms with E-state index in [1.807, 2.05) is 13.1 Å². The van der Waals surface area contributed by atoms with E-state index < -0.39 is 0 Å². The third-order valence-corrected chi connectivity index (χ3v) is 2.63. The van der Waals surface area contributed by atoms with E-state index in [2.05, 4.69) is 41.8 Å². The molecular weight excluding hydrogens is 204 g/mol. The first-order valence-corrected chi connectivity index (χ1v) is 5.72. The average molecular weight is 222 g/mol. The molecule has 1 rings (SSSR count). The van der Waals surface area contributed by atoms with E-state index >= 15 is 0 Å². The zero-order chi connectivity index (χ0) is 11.1. The number of hydrogen-bond donors (Lipinski definition) is 2. The maximum Gasteiger partial charge on any atom is 0.166 e. The smallest absolute Gasteiger partial charge is 0.166 e. The minimum Gasteiger partial charge on any atom is -0.366 e. The summed E-state index contributed by atoms with van der Waals surface area (Å²) in [5.41, 5.74) is 1.29. The molecule has 0 aliphatic heterocycles. The van der Waals surface area contributed by atoms with Crippen LogP contribution in [0.25, 0.3) is 0 Å². The summed E-state index contributed by atoms with van der Waals surface area (Å²) in [7, 11) is 1.84. The molecule has 0 fully saturated rings. The van der Waals surface area contributed by atoms with Gasteiger partial charge in [0.15, 0.2) is 5.11 Å². The van der Waals surface area contributed by atoms with Crippen molar-refractivity contribution in [1.29, 1.82) is 0 Å². The monoisotopic (exact) mass is 222 g/mol. The van der Waals surface area contributed by atoms with E-state index in [-0.39, 0.29) is 0 Å². The van der Waals surface area contributed by atoms with Crippen LogP contribution in [0, 0.1) is 0 Å². The molecule has 15 heavy (non-hydrogen) atoms. The topological polar surface area (TPSA) is 24.1 Å². The van der Waals surface area contributed by atoms with Gasteiger partial charge in [0.2, 0.25) is 0 Å². The van der Waals surface area contributed by atoms with Crippen LogP contribution in [-0.4, -0.2) is 12.2 Å². The molecule has 1 aromatic carbocycles. The van der Waals surface area contributed by atoms with Gasteiger partial charge in [0.05, 0.1) is 6.04 Å². The third kappa shape index (κ3) is 3.88. The van der Waals surface area contributed by atoms with Crippen LogP contribution in [0.15, 0.2) is 30.3 Å². The quantitative estimate of drug-likeness (QED) is 0.766. The molecule has 0 bridgehead atoms. The van der Waals surface area contributed by atoms with Crippen molar-refractivity contribution in [3.05, 3.63) is 35.9 Å². The fourth-order valence-electron chi connectivity index (χ4n) is 1.53. The Labute approximate surface area is 97.1 Å². The highest BCUT2D eigenvalue weighted by Crippen LogP contribution is 2.17. The van der Waals surface area contributed by atoms with Gasteiger partial charge < -0.3 is 10.6 Å². The Kier molecular flexibility index (Phi) is 5.12. The molecule has 1 atom stereocenters. The van der Waals surface area contributed by atoms with Crippen LogP contribution in [-0.2, 0) is 0 Å². The van der Waals surface area contributed by atoms with Crippen LogP contribution < -0.4 is 10.6 Å². The van der Waals surface area contributed by atoms with Crippen LogP contribution >= 0.6 is 12.2 Å². The van der Waals surface area contributed by atoms with Crippen molar-refractivity contribution in [1.82, 2.24) is 10.6 Å². The molecule has 82 valence electrons. The second kappa shape index (κ2) is 6.40. The summed E-state index contributed by atoms with van der Waals surface area (Å²) in [6, 6.07) is 10.7. The standard InChI is InChI=1S/C12H18N2S/c1-3-7-11(14-12(15)13-2)10-8-5-4-6-9-10/h4-6,8-9,11H,3,7H2,1-2H3,(H2,13,14,15)/t11-/m1/s1. The van der Waals surface area contributed by atoms with Gasteiger partial charge in [-0.15, -0.1) is 0 Å². The lowest BCUT2D eigenvalue weighted by molar-refractivity contribution is 0.578. The van der Waals surface area contributed by atoms with Gasteiger partial charge in [-0.05, 0) is 24.2 Å². The van der Waals surface area contributed by atoms with Gasteiger partial charge in [0.1, 0.15) is 0 Å². The Hall–Kier alpha value is -1.09. The van der Waals surface area contributed by atoms with Crippen molar-refractivity contribution in [2.75, 3.05) is 7.05 Å². The van der Waals surface area contributed by atoms with Crippen molar-refractivity contribution in [2.24, 2.45) is 0 Å². The summed E-state index contributed by atoms with van der Waals surface area (Å²) in [6.45, 7) is 2.18. The summed E-state index contributed by atoms with van der Waals surface area (Å²) >= 11 is 5.12. The molecule has 0 spiro atoms. The molecule has 0 saturated carbocycles. The third-order valence-electron chi connectivity index (χ3n) is 2.31. The highest BCUT2D eigenvalue weighted by atomic mass is 32.1. The van der Waals surface area contributed by atoms with E-state index in [4.69, 9.17) is 12.2 Å². The Bertz CT molecular complexity index is 298. The largest absolute Gasteiger partial charge is 0.366 e. The van der Waals surface area contributed by atoms with Gasteiger partial charge in [0.25, 0.3) is 0 Å². The SMILES string of the molecule is CCC[C@@H](NC(=S)NC)c1ccccc1. The summed E-state index contributed by atoms with van der Waals surface area (Å²) in [4.78, 5) is 0. The number of nitrogens with one attached hydrogen (secondary N) is 2. The Balaban J connectivity index is 2.70. The zero-order valence-electron chi connectivity index (χ0n) is 9.29. The number of thiocarbonyl (C=S) groups is 1. The van der Waals surface area contributed by atoms with E-state index in [9.17, 15) is 0 Å². The van der Waals surface area contributed by atoms with Crippen molar-refractivity contribution in [2.45, 2.75) is 25.8 Å². The van der Waals surface area contributed by atoms with Crippen LogP contribution in [0.5, 0.6) is 0 Å². The summed E-state index contributed by atoms with van der Waals surface area (Å²) in [6.07, 6.45) is 2.23. The van der Waals surface area contributed by atoms with Crippen LogP contribution in [0.3, 0.4) is 0 Å². The predicted molar refractivity (Wildman–Crippen MR) is 68.9 cm³/mol. The molecule has 1 aromatic rings. The maximum absolute atomic E-state index is 5.12. The lowest BCUT2D eigenvalue weighted by Gasteiger charge is -2.19. The van der Waals surface area contributed by atoms with Crippen LogP contribution in [0.1, 0.15) is 31.4 Å². The predicted octanol–water partition coefficient (Wildman–Crippen LogP) is 2.62. The van der Waals surface area contributed by atoms with Crippen molar-refractivity contribution in [3.8, 4) is 0 Å². The average Bonchev–Trinajstić information content (AvgIpc) is 2.29. The van der Waals surface area contributed by atoms with Crippen LogP contribution in [0.2, 0.25) is 0 Å². The molecule has 0 aliphatic rings. The second-order valence-corrected chi connectivity index (χ2v) is 3.88. The maximum atomic E-state index is 5.12. The van der Waals surface area contributed by atoms with E-state index in [1.165, 1.54) is 5.56 Å². The molecule has 0 saturated heterocycles.